The number of nitrogens with zero attached hydrogens (tertiary/aromatic N) is 3. The van der Waals surface area contributed by atoms with Gasteiger partial charge in [0.2, 0.25) is 5.91 Å². The molecule has 6 heteroatoms. The van der Waals surface area contributed by atoms with Gasteiger partial charge in [-0.1, -0.05) is 18.6 Å². The lowest BCUT2D eigenvalue weighted by Gasteiger charge is -2.23. The molecule has 24 heavy (non-hydrogen) atoms. The molecule has 130 valence electrons. The Hall–Kier alpha value is -2.08. The highest BCUT2D eigenvalue weighted by molar-refractivity contribution is 5.80. The number of likely N-dealkylation sites (N-methyl/N-ethyl adjacent to an activating group) is 1. The van der Waals surface area contributed by atoms with Gasteiger partial charge in [0.25, 0.3) is 0 Å². The van der Waals surface area contributed by atoms with Crippen molar-refractivity contribution in [2.75, 3.05) is 13.6 Å². The van der Waals surface area contributed by atoms with Gasteiger partial charge in [-0.15, -0.1) is 0 Å². The molecule has 0 spiro atoms. The van der Waals surface area contributed by atoms with Gasteiger partial charge in [-0.25, -0.2) is 4.79 Å². The maximum atomic E-state index is 12.6. The highest BCUT2D eigenvalue weighted by Gasteiger charge is 2.27. The van der Waals surface area contributed by atoms with Gasteiger partial charge < -0.3 is 10.0 Å². The van der Waals surface area contributed by atoms with Crippen molar-refractivity contribution in [3.63, 3.8) is 0 Å². The maximum absolute atomic E-state index is 12.6. The van der Waals surface area contributed by atoms with Crippen LogP contribution in [0.2, 0.25) is 0 Å². The molecule has 1 aliphatic rings. The monoisotopic (exact) mass is 331 g/mol. The molecule has 1 fully saturated rings. The first-order valence-electron chi connectivity index (χ1n) is 8.63. The van der Waals surface area contributed by atoms with Gasteiger partial charge in [-0.2, -0.15) is 0 Å². The van der Waals surface area contributed by atoms with Gasteiger partial charge in [0, 0.05) is 26.1 Å². The molecule has 0 radical (unpaired) electrons. The average molecular weight is 331 g/mol. The number of carbonyl (C=O) groups excluding carboxylic acids is 1. The Labute approximate surface area is 141 Å². The van der Waals surface area contributed by atoms with Crippen LogP contribution in [0.25, 0.3) is 11.0 Å². The maximum Gasteiger partial charge on any atom is 0.329 e. The first-order chi connectivity index (χ1) is 11.5. The summed E-state index contributed by atoms with van der Waals surface area (Å²) in [5, 5.41) is 9.93. The molecule has 1 amide bonds. The number of benzene rings is 1. The standard InChI is InChI=1S/C18H25N3O3/c1-3-20-14-8-4-5-9-15(14)21(18(20)24)12-17(23)19(2)11-13-7-6-10-16(13)22/h4-5,8-9,13,16,22H,3,6-7,10-12H2,1-2H3. The molecule has 2 aromatic rings. The zero-order chi connectivity index (χ0) is 17.3. The summed E-state index contributed by atoms with van der Waals surface area (Å²) in [5.41, 5.74) is 1.49. The Morgan fingerprint density at radius 1 is 1.25 bits per heavy atom. The largest absolute Gasteiger partial charge is 0.393 e. The van der Waals surface area contributed by atoms with Crippen molar-refractivity contribution in [1.82, 2.24) is 14.0 Å². The molecule has 1 N–H and O–H groups in total. The second-order valence-corrected chi connectivity index (χ2v) is 6.63. The van der Waals surface area contributed by atoms with E-state index in [9.17, 15) is 14.7 Å². The molecule has 0 bridgehead atoms. The predicted octanol–water partition coefficient (Wildman–Crippen LogP) is 1.44. The van der Waals surface area contributed by atoms with E-state index in [0.29, 0.717) is 13.1 Å². The lowest BCUT2D eigenvalue weighted by atomic mass is 10.1. The van der Waals surface area contributed by atoms with Crippen LogP contribution in [-0.4, -0.2) is 44.7 Å². The van der Waals surface area contributed by atoms with E-state index < -0.39 is 0 Å². The first kappa shape index (κ1) is 16.8. The Balaban J connectivity index is 1.80. The number of fused-ring (bicyclic) bond motifs is 1. The number of aryl methyl sites for hydroxylation is 1. The van der Waals surface area contributed by atoms with E-state index >= 15 is 0 Å². The molecule has 3 rings (SSSR count). The molecule has 1 aromatic heterocycles. The lowest BCUT2D eigenvalue weighted by Crippen LogP contribution is -2.38. The quantitative estimate of drug-likeness (QED) is 0.901. The van der Waals surface area contributed by atoms with Gasteiger partial charge >= 0.3 is 5.69 Å². The third-order valence-corrected chi connectivity index (χ3v) is 5.09. The van der Waals surface area contributed by atoms with Crippen LogP contribution in [0.4, 0.5) is 0 Å². The summed E-state index contributed by atoms with van der Waals surface area (Å²) in [7, 11) is 1.75. The highest BCUT2D eigenvalue weighted by Crippen LogP contribution is 2.26. The second-order valence-electron chi connectivity index (χ2n) is 6.63. The van der Waals surface area contributed by atoms with Crippen molar-refractivity contribution < 1.29 is 9.90 Å². The van der Waals surface area contributed by atoms with E-state index in [0.717, 1.165) is 30.3 Å². The van der Waals surface area contributed by atoms with Crippen LogP contribution in [0.3, 0.4) is 0 Å². The zero-order valence-corrected chi connectivity index (χ0v) is 14.3. The van der Waals surface area contributed by atoms with Crippen molar-refractivity contribution in [3.8, 4) is 0 Å². The molecule has 1 saturated carbocycles. The highest BCUT2D eigenvalue weighted by atomic mass is 16.3. The summed E-state index contributed by atoms with van der Waals surface area (Å²) in [6, 6.07) is 7.55. The fourth-order valence-electron chi connectivity index (χ4n) is 3.67. The molecule has 0 aliphatic heterocycles. The minimum atomic E-state index is -0.315. The van der Waals surface area contributed by atoms with Crippen LogP contribution >= 0.6 is 0 Å². The van der Waals surface area contributed by atoms with E-state index in [2.05, 4.69) is 0 Å². The number of carbonyl (C=O) groups is 1. The fourth-order valence-corrected chi connectivity index (χ4v) is 3.67. The van der Waals surface area contributed by atoms with Crippen molar-refractivity contribution in [1.29, 1.82) is 0 Å². The van der Waals surface area contributed by atoms with Crippen LogP contribution < -0.4 is 5.69 Å². The molecular formula is C18H25N3O3. The number of amides is 1. The minimum Gasteiger partial charge on any atom is -0.393 e. The number of hydrogen-bond acceptors (Lipinski definition) is 3. The minimum absolute atomic E-state index is 0.0334. The summed E-state index contributed by atoms with van der Waals surface area (Å²) >= 11 is 0. The summed E-state index contributed by atoms with van der Waals surface area (Å²) in [4.78, 5) is 26.8. The molecule has 1 aliphatic carbocycles. The van der Waals surface area contributed by atoms with Crippen molar-refractivity contribution in [2.45, 2.75) is 45.4 Å². The Kier molecular flexibility index (Phi) is 4.76. The van der Waals surface area contributed by atoms with Crippen LogP contribution in [0, 0.1) is 5.92 Å². The van der Waals surface area contributed by atoms with E-state index in [-0.39, 0.29) is 30.2 Å². The third-order valence-electron chi connectivity index (χ3n) is 5.09. The molecular weight excluding hydrogens is 306 g/mol. The summed E-state index contributed by atoms with van der Waals surface area (Å²) < 4.78 is 3.23. The Bertz CT molecular complexity index is 792. The Morgan fingerprint density at radius 2 is 1.92 bits per heavy atom. The Morgan fingerprint density at radius 3 is 2.50 bits per heavy atom. The SMILES string of the molecule is CCn1c(=O)n(CC(=O)N(C)CC2CCCC2O)c2ccccc21. The number of para-hydroxylation sites is 2. The van der Waals surface area contributed by atoms with Gasteiger partial charge in [0.1, 0.15) is 6.54 Å². The number of hydrogen-bond donors (Lipinski definition) is 1. The molecule has 1 aromatic carbocycles. The normalized spacial score (nSPS) is 20.6. The number of rotatable bonds is 5. The van der Waals surface area contributed by atoms with Crippen LogP contribution in [-0.2, 0) is 17.9 Å². The van der Waals surface area contributed by atoms with Gasteiger partial charge in [0.15, 0.2) is 0 Å². The molecule has 2 atom stereocenters. The van der Waals surface area contributed by atoms with E-state index in [1.165, 1.54) is 0 Å². The smallest absolute Gasteiger partial charge is 0.329 e. The van der Waals surface area contributed by atoms with Crippen LogP contribution in [0.5, 0.6) is 0 Å². The lowest BCUT2D eigenvalue weighted by molar-refractivity contribution is -0.131. The van der Waals surface area contributed by atoms with Crippen LogP contribution in [0.1, 0.15) is 26.2 Å². The van der Waals surface area contributed by atoms with E-state index in [4.69, 9.17) is 0 Å². The number of aliphatic hydroxyl groups is 1. The molecule has 6 nitrogen and oxygen atoms in total. The van der Waals surface area contributed by atoms with Gasteiger partial charge in [-0.05, 0) is 31.9 Å². The van der Waals surface area contributed by atoms with Crippen molar-refractivity contribution in [3.05, 3.63) is 34.7 Å². The third kappa shape index (κ3) is 2.98. The second kappa shape index (κ2) is 6.81. The zero-order valence-electron chi connectivity index (χ0n) is 14.3. The fraction of sp³-hybridized carbons (Fsp3) is 0.556. The summed E-state index contributed by atoms with van der Waals surface area (Å²) in [6.07, 6.45) is 2.46. The predicted molar refractivity (Wildman–Crippen MR) is 92.9 cm³/mol. The number of aromatic nitrogens is 2. The summed E-state index contributed by atoms with van der Waals surface area (Å²) in [5.74, 6) is 0.0443. The molecule has 0 saturated heterocycles. The first-order valence-corrected chi connectivity index (χ1v) is 8.63. The average Bonchev–Trinajstić information content (AvgIpc) is 3.09. The topological polar surface area (TPSA) is 67.5 Å². The van der Waals surface area contributed by atoms with E-state index in [1.807, 2.05) is 31.2 Å². The van der Waals surface area contributed by atoms with Crippen molar-refractivity contribution >= 4 is 16.9 Å². The van der Waals surface area contributed by atoms with Crippen LogP contribution in [0.15, 0.2) is 29.1 Å². The van der Waals surface area contributed by atoms with Gasteiger partial charge in [0.05, 0.1) is 17.1 Å². The molecule has 1 heterocycles. The van der Waals surface area contributed by atoms with Crippen molar-refractivity contribution in [2.24, 2.45) is 5.92 Å². The van der Waals surface area contributed by atoms with E-state index in [1.54, 1.807) is 21.1 Å². The van der Waals surface area contributed by atoms with Gasteiger partial charge in [-0.3, -0.25) is 13.9 Å². The number of aliphatic hydroxyl groups excluding tert-OH is 1. The number of imidazole rings is 1. The summed E-state index contributed by atoms with van der Waals surface area (Å²) in [6.45, 7) is 3.07. The molecule has 2 unspecified atom stereocenters.